The smallest absolute Gasteiger partial charge is 0.265 e. The van der Waals surface area contributed by atoms with E-state index in [1.54, 1.807) is 37.3 Å². The predicted octanol–water partition coefficient (Wildman–Crippen LogP) is 5.01. The highest BCUT2D eigenvalue weighted by atomic mass is 79.9. The maximum atomic E-state index is 12.9. The van der Waals surface area contributed by atoms with E-state index in [0.717, 1.165) is 5.56 Å². The summed E-state index contributed by atoms with van der Waals surface area (Å²) >= 11 is 3.48. The van der Waals surface area contributed by atoms with Crippen LogP contribution >= 0.6 is 15.9 Å². The van der Waals surface area contributed by atoms with E-state index in [0.29, 0.717) is 45.3 Å². The molecule has 2 amide bonds. The van der Waals surface area contributed by atoms with Crippen LogP contribution in [0.1, 0.15) is 22.8 Å². The van der Waals surface area contributed by atoms with Crippen molar-refractivity contribution in [2.45, 2.75) is 19.6 Å². The third-order valence-corrected chi connectivity index (χ3v) is 5.47. The first-order chi connectivity index (χ1) is 15.4. The summed E-state index contributed by atoms with van der Waals surface area (Å²) in [5.41, 5.74) is 2.43. The normalized spacial score (nSPS) is 14.6. The molecule has 0 saturated heterocycles. The number of hydrogen-bond acceptors (Lipinski definition) is 5. The molecule has 8 heteroatoms. The molecule has 1 aliphatic heterocycles. The van der Waals surface area contributed by atoms with Gasteiger partial charge in [0, 0.05) is 11.3 Å². The van der Waals surface area contributed by atoms with Gasteiger partial charge in [-0.25, -0.2) is 0 Å². The Morgan fingerprint density at radius 2 is 1.94 bits per heavy atom. The summed E-state index contributed by atoms with van der Waals surface area (Å²) in [6, 6.07) is 18.1. The lowest BCUT2D eigenvalue weighted by Gasteiger charge is -2.23. The highest BCUT2D eigenvalue weighted by Crippen LogP contribution is 2.38. The fourth-order valence-electron chi connectivity index (χ4n) is 3.21. The number of halogens is 1. The summed E-state index contributed by atoms with van der Waals surface area (Å²) in [5.74, 6) is 0.923. The average molecular weight is 497 g/mol. The van der Waals surface area contributed by atoms with Gasteiger partial charge in [0.1, 0.15) is 12.4 Å². The Kier molecular flexibility index (Phi) is 6.32. The van der Waals surface area contributed by atoms with Gasteiger partial charge in [-0.3, -0.25) is 9.59 Å². The molecule has 1 heterocycles. The molecule has 1 unspecified atom stereocenters. The summed E-state index contributed by atoms with van der Waals surface area (Å²) in [6.07, 6.45) is -0.560. The Hall–Kier alpha value is -3.52. The predicted molar refractivity (Wildman–Crippen MR) is 125 cm³/mol. The molecule has 164 valence electrons. The molecule has 4 rings (SSSR count). The number of ether oxygens (including phenoxy) is 3. The van der Waals surface area contributed by atoms with E-state index in [-0.39, 0.29) is 11.8 Å². The molecular weight excluding hydrogens is 476 g/mol. The quantitative estimate of drug-likeness (QED) is 0.500. The highest BCUT2D eigenvalue weighted by molar-refractivity contribution is 9.10. The van der Waals surface area contributed by atoms with E-state index in [2.05, 4.69) is 26.6 Å². The number of nitrogens with one attached hydrogen (secondary N) is 2. The van der Waals surface area contributed by atoms with Crippen LogP contribution in [0.3, 0.4) is 0 Å². The van der Waals surface area contributed by atoms with Crippen LogP contribution < -0.4 is 24.8 Å². The lowest BCUT2D eigenvalue weighted by atomic mass is 10.1. The molecule has 0 radical (unpaired) electrons. The second kappa shape index (κ2) is 9.32. The van der Waals surface area contributed by atoms with Crippen molar-refractivity contribution in [1.82, 2.24) is 0 Å². The summed E-state index contributed by atoms with van der Waals surface area (Å²) < 4.78 is 17.5. The van der Waals surface area contributed by atoms with Crippen molar-refractivity contribution in [3.05, 3.63) is 76.3 Å². The standard InChI is InChI=1S/C24H21BrN2O5/c1-14-23(28)27-19-12-17(8-9-20(19)32-14)26-24(29)16-10-18(25)22(21(11-16)30-2)31-13-15-6-4-3-5-7-15/h3-12,14H,13H2,1-2H3,(H,26,29)(H,27,28). The number of anilines is 2. The van der Waals surface area contributed by atoms with E-state index < -0.39 is 6.10 Å². The van der Waals surface area contributed by atoms with Gasteiger partial charge in [0.2, 0.25) is 0 Å². The van der Waals surface area contributed by atoms with Gasteiger partial charge in [0.15, 0.2) is 17.6 Å². The topological polar surface area (TPSA) is 85.9 Å². The number of amides is 2. The first-order valence-corrected chi connectivity index (χ1v) is 10.7. The van der Waals surface area contributed by atoms with Crippen molar-refractivity contribution in [2.75, 3.05) is 17.7 Å². The zero-order chi connectivity index (χ0) is 22.7. The van der Waals surface area contributed by atoms with E-state index in [9.17, 15) is 9.59 Å². The molecule has 3 aromatic carbocycles. The van der Waals surface area contributed by atoms with Crippen LogP contribution in [0.4, 0.5) is 11.4 Å². The second-order valence-corrected chi connectivity index (χ2v) is 8.03. The number of rotatable bonds is 6. The lowest BCUT2D eigenvalue weighted by molar-refractivity contribution is -0.122. The number of carbonyl (C=O) groups excluding carboxylic acids is 2. The highest BCUT2D eigenvalue weighted by Gasteiger charge is 2.24. The Morgan fingerprint density at radius 1 is 1.16 bits per heavy atom. The van der Waals surface area contributed by atoms with Crippen molar-refractivity contribution in [3.63, 3.8) is 0 Å². The zero-order valence-electron chi connectivity index (χ0n) is 17.5. The van der Waals surface area contributed by atoms with Gasteiger partial charge in [-0.15, -0.1) is 0 Å². The van der Waals surface area contributed by atoms with E-state index in [1.807, 2.05) is 30.3 Å². The fourth-order valence-corrected chi connectivity index (χ4v) is 3.77. The summed E-state index contributed by atoms with van der Waals surface area (Å²) in [4.78, 5) is 24.7. The molecule has 0 aliphatic carbocycles. The van der Waals surface area contributed by atoms with Gasteiger partial charge in [-0.05, 0) is 58.7 Å². The van der Waals surface area contributed by atoms with Crippen LogP contribution in [-0.4, -0.2) is 25.0 Å². The van der Waals surface area contributed by atoms with Crippen LogP contribution in [0.25, 0.3) is 0 Å². The summed E-state index contributed by atoms with van der Waals surface area (Å²) in [7, 11) is 1.52. The number of carbonyl (C=O) groups is 2. The maximum Gasteiger partial charge on any atom is 0.265 e. The van der Waals surface area contributed by atoms with Crippen molar-refractivity contribution in [1.29, 1.82) is 0 Å². The van der Waals surface area contributed by atoms with E-state index in [1.165, 1.54) is 7.11 Å². The largest absolute Gasteiger partial charge is 0.493 e. The third kappa shape index (κ3) is 4.70. The molecule has 32 heavy (non-hydrogen) atoms. The molecule has 0 fully saturated rings. The Labute approximate surface area is 193 Å². The monoisotopic (exact) mass is 496 g/mol. The fraction of sp³-hybridized carbons (Fsp3) is 0.167. The number of hydrogen-bond donors (Lipinski definition) is 2. The van der Waals surface area contributed by atoms with Gasteiger partial charge in [-0.1, -0.05) is 30.3 Å². The SMILES string of the molecule is COc1cc(C(=O)Nc2ccc3c(c2)NC(=O)C(C)O3)cc(Br)c1OCc1ccccc1. The van der Waals surface area contributed by atoms with Crippen LogP contribution in [0, 0.1) is 0 Å². The van der Waals surface area contributed by atoms with Gasteiger partial charge in [0.05, 0.1) is 17.3 Å². The van der Waals surface area contributed by atoms with Gasteiger partial charge < -0.3 is 24.8 Å². The Bertz CT molecular complexity index is 1170. The minimum atomic E-state index is -0.560. The molecule has 3 aromatic rings. The molecule has 7 nitrogen and oxygen atoms in total. The van der Waals surface area contributed by atoms with Crippen molar-refractivity contribution < 1.29 is 23.8 Å². The molecule has 0 aromatic heterocycles. The van der Waals surface area contributed by atoms with Crippen LogP contribution in [0.5, 0.6) is 17.2 Å². The Balaban J connectivity index is 1.51. The molecule has 0 saturated carbocycles. The second-order valence-electron chi connectivity index (χ2n) is 7.18. The molecule has 2 N–H and O–H groups in total. The van der Waals surface area contributed by atoms with Crippen LogP contribution in [0.2, 0.25) is 0 Å². The summed E-state index contributed by atoms with van der Waals surface area (Å²) in [5, 5.41) is 5.59. The molecule has 0 bridgehead atoms. The van der Waals surface area contributed by atoms with E-state index in [4.69, 9.17) is 14.2 Å². The molecular formula is C24H21BrN2O5. The maximum absolute atomic E-state index is 12.9. The first-order valence-electron chi connectivity index (χ1n) is 9.92. The molecule has 0 spiro atoms. The first kappa shape index (κ1) is 21.7. The lowest BCUT2D eigenvalue weighted by Crippen LogP contribution is -2.34. The number of benzene rings is 3. The van der Waals surface area contributed by atoms with Crippen LogP contribution in [0.15, 0.2) is 65.1 Å². The zero-order valence-corrected chi connectivity index (χ0v) is 19.1. The molecule has 1 atom stereocenters. The van der Waals surface area contributed by atoms with Crippen LogP contribution in [-0.2, 0) is 11.4 Å². The van der Waals surface area contributed by atoms with Gasteiger partial charge in [0.25, 0.3) is 11.8 Å². The number of methoxy groups -OCH3 is 1. The Morgan fingerprint density at radius 3 is 2.69 bits per heavy atom. The van der Waals surface area contributed by atoms with E-state index >= 15 is 0 Å². The average Bonchev–Trinajstić information content (AvgIpc) is 2.79. The third-order valence-electron chi connectivity index (χ3n) is 4.89. The minimum absolute atomic E-state index is 0.235. The van der Waals surface area contributed by atoms with Crippen molar-refractivity contribution in [3.8, 4) is 17.2 Å². The van der Waals surface area contributed by atoms with Gasteiger partial charge in [-0.2, -0.15) is 0 Å². The van der Waals surface area contributed by atoms with Gasteiger partial charge >= 0.3 is 0 Å². The minimum Gasteiger partial charge on any atom is -0.493 e. The van der Waals surface area contributed by atoms with Crippen molar-refractivity contribution in [2.24, 2.45) is 0 Å². The summed E-state index contributed by atoms with van der Waals surface area (Å²) in [6.45, 7) is 2.04. The molecule has 1 aliphatic rings. The van der Waals surface area contributed by atoms with Crippen molar-refractivity contribution >= 4 is 39.1 Å². The number of fused-ring (bicyclic) bond motifs is 1.